The minimum Gasteiger partial charge on any atom is -0.340 e. The Morgan fingerprint density at radius 2 is 1.88 bits per heavy atom. The second-order valence-corrected chi connectivity index (χ2v) is 6.64. The first kappa shape index (κ1) is 17.6. The van der Waals surface area contributed by atoms with Crippen molar-refractivity contribution in [2.75, 3.05) is 26.2 Å². The van der Waals surface area contributed by atoms with Crippen molar-refractivity contribution >= 4 is 5.91 Å². The van der Waals surface area contributed by atoms with Gasteiger partial charge in [-0.25, -0.2) is 0 Å². The van der Waals surface area contributed by atoms with Crippen molar-refractivity contribution < 1.29 is 9.32 Å². The van der Waals surface area contributed by atoms with Crippen LogP contribution in [0.25, 0.3) is 11.4 Å². The van der Waals surface area contributed by atoms with E-state index in [0.717, 1.165) is 44.6 Å². The summed E-state index contributed by atoms with van der Waals surface area (Å²) in [7, 11) is 0. The van der Waals surface area contributed by atoms with Crippen LogP contribution in [0.5, 0.6) is 0 Å². The van der Waals surface area contributed by atoms with E-state index in [4.69, 9.17) is 4.52 Å². The summed E-state index contributed by atoms with van der Waals surface area (Å²) < 4.78 is 5.40. The fourth-order valence-electron chi connectivity index (χ4n) is 2.97. The molecule has 6 heteroatoms. The lowest BCUT2D eigenvalue weighted by molar-refractivity contribution is -0.133. The van der Waals surface area contributed by atoms with Crippen LogP contribution >= 0.6 is 0 Å². The van der Waals surface area contributed by atoms with Crippen LogP contribution in [0.3, 0.4) is 0 Å². The van der Waals surface area contributed by atoms with Crippen LogP contribution in [0.15, 0.2) is 28.8 Å². The van der Waals surface area contributed by atoms with E-state index in [1.54, 1.807) is 0 Å². The Morgan fingerprint density at radius 1 is 1.16 bits per heavy atom. The quantitative estimate of drug-likeness (QED) is 0.808. The first-order valence-electron chi connectivity index (χ1n) is 9.05. The zero-order chi connectivity index (χ0) is 17.6. The van der Waals surface area contributed by atoms with E-state index < -0.39 is 0 Å². The molecule has 0 radical (unpaired) electrons. The SMILES string of the molecule is CCCCC(=O)N1CCN(Cc2nc(-c3ccc(C)cc3)no2)CC1. The summed E-state index contributed by atoms with van der Waals surface area (Å²) in [5, 5.41) is 4.08. The summed E-state index contributed by atoms with van der Waals surface area (Å²) in [6.45, 7) is 8.05. The molecule has 1 fully saturated rings. The number of hydrogen-bond acceptors (Lipinski definition) is 5. The van der Waals surface area contributed by atoms with Gasteiger partial charge in [0.05, 0.1) is 6.54 Å². The fourth-order valence-corrected chi connectivity index (χ4v) is 2.97. The van der Waals surface area contributed by atoms with Crippen LogP contribution in [0.1, 0.15) is 37.6 Å². The molecule has 1 aromatic heterocycles. The fraction of sp³-hybridized carbons (Fsp3) is 0.526. The van der Waals surface area contributed by atoms with Crippen molar-refractivity contribution in [3.63, 3.8) is 0 Å². The van der Waals surface area contributed by atoms with Gasteiger partial charge in [0, 0.05) is 38.2 Å². The number of unbranched alkanes of at least 4 members (excludes halogenated alkanes) is 1. The lowest BCUT2D eigenvalue weighted by Crippen LogP contribution is -2.48. The molecular formula is C19H26N4O2. The molecule has 6 nitrogen and oxygen atoms in total. The Labute approximate surface area is 148 Å². The molecule has 0 spiro atoms. The molecule has 2 aromatic rings. The van der Waals surface area contributed by atoms with Gasteiger partial charge in [-0.3, -0.25) is 9.69 Å². The topological polar surface area (TPSA) is 62.5 Å². The van der Waals surface area contributed by atoms with Gasteiger partial charge >= 0.3 is 0 Å². The molecule has 1 aliphatic rings. The molecular weight excluding hydrogens is 316 g/mol. The third-order valence-electron chi connectivity index (χ3n) is 4.61. The number of piperazine rings is 1. The number of nitrogens with zero attached hydrogens (tertiary/aromatic N) is 4. The molecule has 0 bridgehead atoms. The second-order valence-electron chi connectivity index (χ2n) is 6.64. The highest BCUT2D eigenvalue weighted by Gasteiger charge is 2.22. The largest absolute Gasteiger partial charge is 0.340 e. The van der Waals surface area contributed by atoms with Crippen molar-refractivity contribution in [1.82, 2.24) is 19.9 Å². The number of carbonyl (C=O) groups is 1. The van der Waals surface area contributed by atoms with Crippen molar-refractivity contribution in [2.24, 2.45) is 0 Å². The smallest absolute Gasteiger partial charge is 0.241 e. The van der Waals surface area contributed by atoms with E-state index in [9.17, 15) is 4.79 Å². The van der Waals surface area contributed by atoms with Gasteiger partial charge < -0.3 is 9.42 Å². The predicted octanol–water partition coefficient (Wildman–Crippen LogP) is 2.88. The molecule has 0 unspecified atom stereocenters. The molecule has 134 valence electrons. The highest BCUT2D eigenvalue weighted by molar-refractivity contribution is 5.76. The van der Waals surface area contributed by atoms with Gasteiger partial charge in [0.15, 0.2) is 0 Å². The number of rotatable bonds is 6. The van der Waals surface area contributed by atoms with Gasteiger partial charge in [0.25, 0.3) is 0 Å². The minimum absolute atomic E-state index is 0.279. The van der Waals surface area contributed by atoms with Gasteiger partial charge in [0.1, 0.15) is 0 Å². The van der Waals surface area contributed by atoms with E-state index in [1.165, 1.54) is 5.56 Å². The average Bonchev–Trinajstić information content (AvgIpc) is 3.09. The summed E-state index contributed by atoms with van der Waals surface area (Å²) in [6.07, 6.45) is 2.70. The molecule has 0 aliphatic carbocycles. The number of amides is 1. The molecule has 25 heavy (non-hydrogen) atoms. The van der Waals surface area contributed by atoms with Crippen LogP contribution < -0.4 is 0 Å². The number of benzene rings is 1. The van der Waals surface area contributed by atoms with E-state index in [2.05, 4.69) is 28.9 Å². The number of aromatic nitrogens is 2. The van der Waals surface area contributed by atoms with Crippen molar-refractivity contribution in [3.8, 4) is 11.4 Å². The van der Waals surface area contributed by atoms with Crippen LogP contribution in [0, 0.1) is 6.92 Å². The Kier molecular flexibility index (Phi) is 5.81. The van der Waals surface area contributed by atoms with Gasteiger partial charge in [-0.2, -0.15) is 4.98 Å². The maximum atomic E-state index is 12.1. The molecule has 1 saturated heterocycles. The third-order valence-corrected chi connectivity index (χ3v) is 4.61. The van der Waals surface area contributed by atoms with E-state index in [0.29, 0.717) is 24.7 Å². The summed E-state index contributed by atoms with van der Waals surface area (Å²) >= 11 is 0. The predicted molar refractivity (Wildman–Crippen MR) is 95.9 cm³/mol. The first-order chi connectivity index (χ1) is 12.2. The van der Waals surface area contributed by atoms with Crippen LogP contribution in [-0.2, 0) is 11.3 Å². The van der Waals surface area contributed by atoms with Crippen LogP contribution in [-0.4, -0.2) is 52.0 Å². The first-order valence-corrected chi connectivity index (χ1v) is 9.05. The summed E-state index contributed by atoms with van der Waals surface area (Å²) in [5.74, 6) is 1.53. The summed E-state index contributed by atoms with van der Waals surface area (Å²) in [6, 6.07) is 8.09. The normalized spacial score (nSPS) is 15.5. The number of hydrogen-bond donors (Lipinski definition) is 0. The van der Waals surface area contributed by atoms with E-state index in [1.807, 2.05) is 29.2 Å². The monoisotopic (exact) mass is 342 g/mol. The Bertz CT molecular complexity index is 688. The number of carbonyl (C=O) groups excluding carboxylic acids is 1. The zero-order valence-electron chi connectivity index (χ0n) is 15.1. The average molecular weight is 342 g/mol. The molecule has 0 N–H and O–H groups in total. The molecule has 2 heterocycles. The van der Waals surface area contributed by atoms with Crippen molar-refractivity contribution in [2.45, 2.75) is 39.7 Å². The maximum absolute atomic E-state index is 12.1. The van der Waals surface area contributed by atoms with Crippen molar-refractivity contribution in [1.29, 1.82) is 0 Å². The molecule has 0 saturated carbocycles. The Morgan fingerprint density at radius 3 is 2.56 bits per heavy atom. The highest BCUT2D eigenvalue weighted by atomic mass is 16.5. The lowest BCUT2D eigenvalue weighted by atomic mass is 10.1. The Balaban J connectivity index is 1.51. The van der Waals surface area contributed by atoms with Crippen molar-refractivity contribution in [3.05, 3.63) is 35.7 Å². The standard InChI is InChI=1S/C19H26N4O2/c1-3-4-5-18(24)23-12-10-22(11-13-23)14-17-20-19(21-25-17)16-8-6-15(2)7-9-16/h6-9H,3-5,10-14H2,1-2H3. The number of aryl methyl sites for hydroxylation is 1. The van der Waals surface area contributed by atoms with Crippen LogP contribution in [0.4, 0.5) is 0 Å². The summed E-state index contributed by atoms with van der Waals surface area (Å²) in [5.41, 5.74) is 2.17. The third kappa shape index (κ3) is 4.66. The molecule has 3 rings (SSSR count). The Hall–Kier alpha value is -2.21. The van der Waals surface area contributed by atoms with E-state index >= 15 is 0 Å². The maximum Gasteiger partial charge on any atom is 0.241 e. The highest BCUT2D eigenvalue weighted by Crippen LogP contribution is 2.17. The van der Waals surface area contributed by atoms with Gasteiger partial charge in [-0.05, 0) is 13.3 Å². The minimum atomic E-state index is 0.279. The van der Waals surface area contributed by atoms with E-state index in [-0.39, 0.29) is 5.91 Å². The van der Waals surface area contributed by atoms with Gasteiger partial charge in [-0.15, -0.1) is 0 Å². The molecule has 1 amide bonds. The molecule has 1 aliphatic heterocycles. The van der Waals surface area contributed by atoms with Gasteiger partial charge in [0.2, 0.25) is 17.6 Å². The van der Waals surface area contributed by atoms with Crippen LogP contribution in [0.2, 0.25) is 0 Å². The molecule has 1 aromatic carbocycles. The van der Waals surface area contributed by atoms with Gasteiger partial charge in [-0.1, -0.05) is 48.3 Å². The lowest BCUT2D eigenvalue weighted by Gasteiger charge is -2.34. The zero-order valence-corrected chi connectivity index (χ0v) is 15.1. The molecule has 0 atom stereocenters. The summed E-state index contributed by atoms with van der Waals surface area (Å²) in [4.78, 5) is 20.8. The second kappa shape index (κ2) is 8.25.